The Morgan fingerprint density at radius 1 is 1.05 bits per heavy atom. The van der Waals surface area contributed by atoms with Crippen LogP contribution in [-0.4, -0.2) is 55.8 Å². The molecule has 0 aromatic carbocycles. The van der Waals surface area contributed by atoms with Crippen molar-refractivity contribution in [3.63, 3.8) is 0 Å². The number of ether oxygens (including phenoxy) is 2. The number of rotatable bonds is 7. The van der Waals surface area contributed by atoms with Crippen molar-refractivity contribution >= 4 is 8.32 Å². The lowest BCUT2D eigenvalue weighted by Gasteiger charge is -2.60. The van der Waals surface area contributed by atoms with Gasteiger partial charge in [0, 0.05) is 18.4 Å². The van der Waals surface area contributed by atoms with E-state index in [4.69, 9.17) is 13.9 Å². The maximum absolute atomic E-state index is 12.0. The highest BCUT2D eigenvalue weighted by atomic mass is 28.4. The van der Waals surface area contributed by atoms with Gasteiger partial charge >= 0.3 is 0 Å². The van der Waals surface area contributed by atoms with Crippen molar-refractivity contribution in [3.8, 4) is 0 Å². The molecule has 5 nitrogen and oxygen atoms in total. The maximum Gasteiger partial charge on any atom is 0.192 e. The molecule has 1 heterocycles. The Hall–Kier alpha value is -0.243. The van der Waals surface area contributed by atoms with Crippen LogP contribution >= 0.6 is 0 Å². The van der Waals surface area contributed by atoms with Crippen molar-refractivity contribution in [2.75, 3.05) is 13.2 Å². The summed E-state index contributed by atoms with van der Waals surface area (Å²) in [6, 6.07) is 0. The Bertz CT molecular complexity index is 980. The van der Waals surface area contributed by atoms with Gasteiger partial charge in [0.1, 0.15) is 0 Å². The minimum atomic E-state index is -1.83. The first-order valence-electron chi connectivity index (χ1n) is 17.0. The maximum atomic E-state index is 12.0. The molecule has 0 amide bonds. The summed E-state index contributed by atoms with van der Waals surface area (Å²) in [4.78, 5) is 0. The lowest BCUT2D eigenvalue weighted by molar-refractivity contribution is -0.195. The van der Waals surface area contributed by atoms with Crippen LogP contribution in [0.4, 0.5) is 0 Å². The van der Waals surface area contributed by atoms with Crippen LogP contribution in [0.5, 0.6) is 0 Å². The zero-order valence-electron chi connectivity index (χ0n) is 28.0. The standard InChI is InChI=1S/C35H62O5Si/c1-22(2)35(38-17-18-39-35)16-13-23(3)27-20-28(36)30-26-12-11-24-19-25(40-41(9,10)32(4,5)6)14-15-33(24,7)31(26)29(37)21-34(27,30)8/h11,22-23,25-31,36-37H,12-21H2,1-10H3/t23-,25+,26+,27-,28-,29-,30-,31-,33+,34-/m1/s1. The van der Waals surface area contributed by atoms with Crippen LogP contribution in [0.15, 0.2) is 11.6 Å². The smallest absolute Gasteiger partial charge is 0.192 e. The largest absolute Gasteiger partial charge is 0.414 e. The fourth-order valence-corrected chi connectivity index (χ4v) is 11.7. The molecular formula is C35H62O5Si. The lowest BCUT2D eigenvalue weighted by Crippen LogP contribution is -2.58. The van der Waals surface area contributed by atoms with E-state index < -0.39 is 14.1 Å². The Balaban J connectivity index is 1.33. The summed E-state index contributed by atoms with van der Waals surface area (Å²) < 4.78 is 19.2. The van der Waals surface area contributed by atoms with E-state index in [1.807, 2.05) is 0 Å². The quantitative estimate of drug-likeness (QED) is 0.235. The molecule has 0 aromatic rings. The second-order valence-electron chi connectivity index (χ2n) is 17.2. The monoisotopic (exact) mass is 590 g/mol. The summed E-state index contributed by atoms with van der Waals surface area (Å²) >= 11 is 0. The molecular weight excluding hydrogens is 528 g/mol. The minimum absolute atomic E-state index is 0.00116. The van der Waals surface area contributed by atoms with E-state index in [0.717, 1.165) is 51.4 Å². The Morgan fingerprint density at radius 3 is 2.32 bits per heavy atom. The van der Waals surface area contributed by atoms with Gasteiger partial charge in [0.05, 0.1) is 25.4 Å². The van der Waals surface area contributed by atoms with Gasteiger partial charge in [0.25, 0.3) is 0 Å². The molecule has 6 heteroatoms. The second-order valence-corrected chi connectivity index (χ2v) is 22.0. The first-order valence-corrected chi connectivity index (χ1v) is 19.9. The number of aliphatic hydroxyl groups excluding tert-OH is 2. The molecule has 1 saturated heterocycles. The van der Waals surface area contributed by atoms with E-state index in [2.05, 4.69) is 74.6 Å². The highest BCUT2D eigenvalue weighted by Gasteiger charge is 2.65. The lowest BCUT2D eigenvalue weighted by atomic mass is 9.46. The molecule has 236 valence electrons. The fraction of sp³-hybridized carbons (Fsp3) is 0.943. The highest BCUT2D eigenvalue weighted by Crippen LogP contribution is 2.67. The van der Waals surface area contributed by atoms with Gasteiger partial charge in [-0.15, -0.1) is 0 Å². The molecule has 0 bridgehead atoms. The predicted molar refractivity (Wildman–Crippen MR) is 168 cm³/mol. The molecule has 1 aliphatic heterocycles. The van der Waals surface area contributed by atoms with E-state index in [1.54, 1.807) is 0 Å². The molecule has 5 aliphatic rings. The number of hydrogen-bond donors (Lipinski definition) is 2. The van der Waals surface area contributed by atoms with Crippen LogP contribution in [0.3, 0.4) is 0 Å². The van der Waals surface area contributed by atoms with Crippen molar-refractivity contribution in [1.29, 1.82) is 0 Å². The normalized spacial score (nSPS) is 43.3. The van der Waals surface area contributed by atoms with Crippen molar-refractivity contribution < 1.29 is 24.1 Å². The molecule has 4 fully saturated rings. The van der Waals surface area contributed by atoms with Crippen LogP contribution in [0.2, 0.25) is 18.1 Å². The third-order valence-electron chi connectivity index (χ3n) is 13.6. The molecule has 4 aliphatic carbocycles. The van der Waals surface area contributed by atoms with Crippen LogP contribution in [0.25, 0.3) is 0 Å². The van der Waals surface area contributed by atoms with E-state index in [9.17, 15) is 10.2 Å². The summed E-state index contributed by atoms with van der Waals surface area (Å²) in [7, 11) is -1.83. The summed E-state index contributed by atoms with van der Waals surface area (Å²) in [5.41, 5.74) is 1.47. The minimum Gasteiger partial charge on any atom is -0.414 e. The van der Waals surface area contributed by atoms with Gasteiger partial charge in [-0.05, 0) is 103 Å². The first-order chi connectivity index (χ1) is 19.0. The molecule has 5 rings (SSSR count). The van der Waals surface area contributed by atoms with Gasteiger partial charge in [-0.2, -0.15) is 0 Å². The van der Waals surface area contributed by atoms with Crippen LogP contribution in [0.1, 0.15) is 107 Å². The Morgan fingerprint density at radius 2 is 1.71 bits per heavy atom. The van der Waals surface area contributed by atoms with Gasteiger partial charge in [-0.1, -0.05) is 67.0 Å². The summed E-state index contributed by atoms with van der Waals surface area (Å²) in [5.74, 6) is 1.51. The third kappa shape index (κ3) is 5.37. The van der Waals surface area contributed by atoms with Gasteiger partial charge < -0.3 is 24.1 Å². The number of aliphatic hydroxyl groups is 2. The van der Waals surface area contributed by atoms with E-state index in [0.29, 0.717) is 43.0 Å². The zero-order chi connectivity index (χ0) is 30.2. The molecule has 0 unspecified atom stereocenters. The fourth-order valence-electron chi connectivity index (χ4n) is 10.3. The summed E-state index contributed by atoms with van der Waals surface area (Å²) in [6.07, 6.45) is 9.92. The van der Waals surface area contributed by atoms with Gasteiger partial charge in [0.2, 0.25) is 0 Å². The molecule has 2 N–H and O–H groups in total. The molecule has 0 radical (unpaired) electrons. The van der Waals surface area contributed by atoms with Crippen molar-refractivity contribution in [3.05, 3.63) is 11.6 Å². The van der Waals surface area contributed by atoms with Crippen LogP contribution in [-0.2, 0) is 13.9 Å². The topological polar surface area (TPSA) is 68.2 Å². The number of allylic oxidation sites excluding steroid dienone is 1. The van der Waals surface area contributed by atoms with Gasteiger partial charge in [-0.3, -0.25) is 0 Å². The SMILES string of the molecule is CC(C)C1(CC[C@@H](C)[C@H]2C[C@@H](O)[C@H]3[C@@H]4CC=C5C[C@@H](O[Si](C)(C)C(C)(C)C)CC[C@]5(C)[C@H]4[C@H](O)C[C@@]32C)OCCO1. The Labute approximate surface area is 252 Å². The zero-order valence-corrected chi connectivity index (χ0v) is 29.0. The number of fused-ring (bicyclic) bond motifs is 5. The molecule has 41 heavy (non-hydrogen) atoms. The van der Waals surface area contributed by atoms with Crippen LogP contribution < -0.4 is 0 Å². The van der Waals surface area contributed by atoms with E-state index >= 15 is 0 Å². The summed E-state index contributed by atoms with van der Waals surface area (Å²) in [5, 5.41) is 23.9. The molecule has 0 spiro atoms. The van der Waals surface area contributed by atoms with E-state index in [-0.39, 0.29) is 39.9 Å². The predicted octanol–water partition coefficient (Wildman–Crippen LogP) is 7.71. The van der Waals surface area contributed by atoms with E-state index in [1.165, 1.54) is 5.57 Å². The van der Waals surface area contributed by atoms with Gasteiger partial charge in [-0.25, -0.2) is 0 Å². The molecule has 3 saturated carbocycles. The van der Waals surface area contributed by atoms with Crippen LogP contribution in [0, 0.1) is 46.3 Å². The molecule has 10 atom stereocenters. The van der Waals surface area contributed by atoms with Crippen molar-refractivity contribution in [2.45, 2.75) is 149 Å². The molecule has 0 aromatic heterocycles. The third-order valence-corrected chi connectivity index (χ3v) is 18.1. The number of hydrogen-bond acceptors (Lipinski definition) is 5. The summed E-state index contributed by atoms with van der Waals surface area (Å²) in [6.45, 7) is 24.7. The average molecular weight is 591 g/mol. The highest BCUT2D eigenvalue weighted by molar-refractivity contribution is 6.74. The van der Waals surface area contributed by atoms with Gasteiger partial charge in [0.15, 0.2) is 14.1 Å². The average Bonchev–Trinajstić information content (AvgIpc) is 3.44. The second kappa shape index (κ2) is 11.0. The van der Waals surface area contributed by atoms with Crippen molar-refractivity contribution in [1.82, 2.24) is 0 Å². The van der Waals surface area contributed by atoms with Crippen molar-refractivity contribution in [2.24, 2.45) is 46.3 Å². The first kappa shape index (κ1) is 32.2. The Kier molecular flexibility index (Phi) is 8.61.